The first-order valence-electron chi connectivity index (χ1n) is 9.27. The lowest BCUT2D eigenvalue weighted by Crippen LogP contribution is -2.43. The molecule has 2 aromatic carbocycles. The summed E-state index contributed by atoms with van der Waals surface area (Å²) in [5, 5.41) is 2.88. The summed E-state index contributed by atoms with van der Waals surface area (Å²) in [6.07, 6.45) is 1.28. The number of carbonyl (C=O) groups is 1. The quantitative estimate of drug-likeness (QED) is 0.614. The van der Waals surface area contributed by atoms with Gasteiger partial charge in [0.1, 0.15) is 5.52 Å². The largest absolute Gasteiger partial charge is 0.441 e. The molecular formula is C20H20BrN3O4S. The van der Waals surface area contributed by atoms with E-state index < -0.39 is 15.9 Å². The molecule has 1 unspecified atom stereocenters. The molecule has 0 saturated carbocycles. The number of rotatable bonds is 4. The van der Waals surface area contributed by atoms with Gasteiger partial charge in [-0.15, -0.1) is 0 Å². The van der Waals surface area contributed by atoms with Gasteiger partial charge in [0.05, 0.1) is 10.8 Å². The fourth-order valence-corrected chi connectivity index (χ4v) is 5.28. The van der Waals surface area contributed by atoms with E-state index in [0.29, 0.717) is 42.1 Å². The van der Waals surface area contributed by atoms with Gasteiger partial charge < -0.3 is 9.73 Å². The Morgan fingerprint density at radius 3 is 2.76 bits per heavy atom. The Morgan fingerprint density at radius 1 is 1.24 bits per heavy atom. The van der Waals surface area contributed by atoms with Gasteiger partial charge in [-0.25, -0.2) is 13.4 Å². The van der Waals surface area contributed by atoms with Gasteiger partial charge in [0.15, 0.2) is 11.5 Å². The molecule has 0 bridgehead atoms. The van der Waals surface area contributed by atoms with E-state index in [1.807, 2.05) is 0 Å². The van der Waals surface area contributed by atoms with Crippen molar-refractivity contribution in [1.82, 2.24) is 9.29 Å². The van der Waals surface area contributed by atoms with Crippen LogP contribution in [-0.2, 0) is 14.8 Å². The summed E-state index contributed by atoms with van der Waals surface area (Å²) in [6.45, 7) is 2.34. The van der Waals surface area contributed by atoms with Crippen molar-refractivity contribution in [1.29, 1.82) is 0 Å². The summed E-state index contributed by atoms with van der Waals surface area (Å²) in [7, 11) is -3.63. The van der Waals surface area contributed by atoms with Crippen LogP contribution in [0.2, 0.25) is 0 Å². The first-order chi connectivity index (χ1) is 13.8. The number of nitrogens with one attached hydrogen (secondary N) is 1. The van der Waals surface area contributed by atoms with Crippen LogP contribution < -0.4 is 5.32 Å². The first-order valence-corrected chi connectivity index (χ1v) is 11.5. The van der Waals surface area contributed by atoms with Gasteiger partial charge in [-0.3, -0.25) is 4.79 Å². The standard InChI is InChI=1S/C20H20BrN3O4S/c1-13-22-18-11-16(6-9-19(18)28-13)23-20(25)14-3-2-10-24(12-14)29(26,27)17-7-4-15(21)5-8-17/h4-9,11,14H,2-3,10,12H2,1H3,(H,23,25). The molecule has 0 radical (unpaired) electrons. The van der Waals surface area contributed by atoms with E-state index in [-0.39, 0.29) is 17.3 Å². The van der Waals surface area contributed by atoms with Gasteiger partial charge in [0.25, 0.3) is 0 Å². The van der Waals surface area contributed by atoms with E-state index in [2.05, 4.69) is 26.2 Å². The molecule has 152 valence electrons. The third kappa shape index (κ3) is 4.22. The highest BCUT2D eigenvalue weighted by Gasteiger charge is 2.33. The minimum Gasteiger partial charge on any atom is -0.441 e. The monoisotopic (exact) mass is 477 g/mol. The third-order valence-corrected chi connectivity index (χ3v) is 7.38. The van der Waals surface area contributed by atoms with Crippen LogP contribution in [0.5, 0.6) is 0 Å². The molecule has 1 fully saturated rings. The maximum Gasteiger partial charge on any atom is 0.243 e. The molecule has 2 heterocycles. The molecule has 1 aliphatic heterocycles. The predicted molar refractivity (Wildman–Crippen MR) is 113 cm³/mol. The van der Waals surface area contributed by atoms with Crippen LogP contribution in [-0.4, -0.2) is 36.7 Å². The van der Waals surface area contributed by atoms with E-state index in [1.54, 1.807) is 49.4 Å². The number of carbonyl (C=O) groups excluding carboxylic acids is 1. The molecule has 1 atom stereocenters. The second-order valence-electron chi connectivity index (χ2n) is 7.06. The van der Waals surface area contributed by atoms with Crippen molar-refractivity contribution in [2.75, 3.05) is 18.4 Å². The lowest BCUT2D eigenvalue weighted by atomic mass is 9.98. The van der Waals surface area contributed by atoms with Crippen molar-refractivity contribution in [2.45, 2.75) is 24.7 Å². The van der Waals surface area contributed by atoms with Crippen LogP contribution in [0.1, 0.15) is 18.7 Å². The molecule has 9 heteroatoms. The molecule has 4 rings (SSSR count). The fourth-order valence-electron chi connectivity index (χ4n) is 3.50. The van der Waals surface area contributed by atoms with Crippen LogP contribution in [0.3, 0.4) is 0 Å². The van der Waals surface area contributed by atoms with E-state index in [9.17, 15) is 13.2 Å². The number of aryl methyl sites for hydroxylation is 1. The third-order valence-electron chi connectivity index (χ3n) is 4.97. The summed E-state index contributed by atoms with van der Waals surface area (Å²) in [6, 6.07) is 11.8. The van der Waals surface area contributed by atoms with Crippen molar-refractivity contribution >= 4 is 48.6 Å². The van der Waals surface area contributed by atoms with Gasteiger partial charge in [-0.05, 0) is 55.3 Å². The number of anilines is 1. The number of benzene rings is 2. The molecule has 1 amide bonds. The van der Waals surface area contributed by atoms with Crippen molar-refractivity contribution in [3.63, 3.8) is 0 Å². The van der Waals surface area contributed by atoms with E-state index >= 15 is 0 Å². The maximum atomic E-state index is 12.9. The number of sulfonamides is 1. The molecule has 1 aliphatic rings. The fraction of sp³-hybridized carbons (Fsp3) is 0.300. The molecule has 0 spiro atoms. The summed E-state index contributed by atoms with van der Waals surface area (Å²) >= 11 is 3.31. The smallest absolute Gasteiger partial charge is 0.243 e. The highest BCUT2D eigenvalue weighted by molar-refractivity contribution is 9.10. The number of oxazole rings is 1. The minimum atomic E-state index is -3.63. The number of nitrogens with zero attached hydrogens (tertiary/aromatic N) is 2. The second kappa shape index (κ2) is 7.89. The number of aromatic nitrogens is 1. The highest BCUT2D eigenvalue weighted by atomic mass is 79.9. The number of halogens is 1. The van der Waals surface area contributed by atoms with Gasteiger partial charge >= 0.3 is 0 Å². The number of amides is 1. The zero-order valence-electron chi connectivity index (χ0n) is 15.8. The average Bonchev–Trinajstić information content (AvgIpc) is 3.07. The Balaban J connectivity index is 1.48. The van der Waals surface area contributed by atoms with Gasteiger partial charge in [-0.1, -0.05) is 15.9 Å². The zero-order valence-corrected chi connectivity index (χ0v) is 18.2. The summed E-state index contributed by atoms with van der Waals surface area (Å²) in [4.78, 5) is 17.3. The van der Waals surface area contributed by atoms with Gasteiger partial charge in [0, 0.05) is 30.2 Å². The molecule has 1 saturated heterocycles. The normalized spacial score (nSPS) is 18.1. The van der Waals surface area contributed by atoms with Crippen LogP contribution in [0, 0.1) is 12.8 Å². The lowest BCUT2D eigenvalue weighted by molar-refractivity contribution is -0.120. The molecule has 1 aromatic heterocycles. The first kappa shape index (κ1) is 20.1. The summed E-state index contributed by atoms with van der Waals surface area (Å²) in [5.41, 5.74) is 1.94. The molecule has 7 nitrogen and oxygen atoms in total. The Bertz CT molecular complexity index is 1160. The Morgan fingerprint density at radius 2 is 2.00 bits per heavy atom. The SMILES string of the molecule is Cc1nc2cc(NC(=O)C3CCCN(S(=O)(=O)c4ccc(Br)cc4)C3)ccc2o1. The van der Waals surface area contributed by atoms with E-state index in [4.69, 9.17) is 4.42 Å². The number of fused-ring (bicyclic) bond motifs is 1. The average molecular weight is 478 g/mol. The second-order valence-corrected chi connectivity index (χ2v) is 9.91. The van der Waals surface area contributed by atoms with E-state index in [1.165, 1.54) is 4.31 Å². The van der Waals surface area contributed by atoms with Crippen molar-refractivity contribution in [2.24, 2.45) is 5.92 Å². The summed E-state index contributed by atoms with van der Waals surface area (Å²) in [5.74, 6) is -0.0477. The summed E-state index contributed by atoms with van der Waals surface area (Å²) < 4.78 is 33.5. The molecular weight excluding hydrogens is 458 g/mol. The van der Waals surface area contributed by atoms with Crippen molar-refractivity contribution < 1.29 is 17.6 Å². The van der Waals surface area contributed by atoms with Crippen LogP contribution in [0.15, 0.2) is 56.2 Å². The zero-order chi connectivity index (χ0) is 20.6. The van der Waals surface area contributed by atoms with Crippen LogP contribution in [0.25, 0.3) is 11.1 Å². The number of piperidine rings is 1. The van der Waals surface area contributed by atoms with Crippen molar-refractivity contribution in [3.05, 3.63) is 52.8 Å². The van der Waals surface area contributed by atoms with Crippen molar-refractivity contribution in [3.8, 4) is 0 Å². The maximum absolute atomic E-state index is 12.9. The minimum absolute atomic E-state index is 0.162. The molecule has 3 aromatic rings. The van der Waals surface area contributed by atoms with E-state index in [0.717, 1.165) is 4.47 Å². The number of hydrogen-bond donors (Lipinski definition) is 1. The van der Waals surface area contributed by atoms with Gasteiger partial charge in [-0.2, -0.15) is 4.31 Å². The number of hydrogen-bond acceptors (Lipinski definition) is 5. The predicted octanol–water partition coefficient (Wildman–Crippen LogP) is 3.94. The molecule has 0 aliphatic carbocycles. The Kier molecular flexibility index (Phi) is 5.46. The van der Waals surface area contributed by atoms with Crippen LogP contribution >= 0.6 is 15.9 Å². The molecule has 29 heavy (non-hydrogen) atoms. The lowest BCUT2D eigenvalue weighted by Gasteiger charge is -2.31. The molecule has 1 N–H and O–H groups in total. The highest BCUT2D eigenvalue weighted by Crippen LogP contribution is 2.26. The topological polar surface area (TPSA) is 92.5 Å². The van der Waals surface area contributed by atoms with Gasteiger partial charge in [0.2, 0.25) is 15.9 Å². The Labute approximate surface area is 177 Å². The Hall–Kier alpha value is -2.23. The van der Waals surface area contributed by atoms with Crippen LogP contribution in [0.4, 0.5) is 5.69 Å².